The summed E-state index contributed by atoms with van der Waals surface area (Å²) in [5.41, 5.74) is 1.06. The number of rotatable bonds is 3. The third-order valence-electron chi connectivity index (χ3n) is 3.45. The second-order valence-electron chi connectivity index (χ2n) is 4.96. The molecule has 1 heterocycles. The number of halogens is 1. The Morgan fingerprint density at radius 3 is 2.78 bits per heavy atom. The number of carboxylic acids is 1. The van der Waals surface area contributed by atoms with Crippen LogP contribution in [0.2, 0.25) is 0 Å². The van der Waals surface area contributed by atoms with Crippen LogP contribution in [0, 0.1) is 0 Å². The van der Waals surface area contributed by atoms with Gasteiger partial charge in [0.05, 0.1) is 0 Å². The van der Waals surface area contributed by atoms with E-state index in [1.165, 1.54) is 0 Å². The summed E-state index contributed by atoms with van der Waals surface area (Å²) in [4.78, 5) is 24.1. The fraction of sp³-hybridized carbons (Fsp3) is 0.0625. The lowest BCUT2D eigenvalue weighted by Gasteiger charge is -2.09. The molecule has 0 radical (unpaired) electrons. The number of aliphatic carboxylic acids is 1. The van der Waals surface area contributed by atoms with E-state index in [2.05, 4.69) is 21.2 Å². The van der Waals surface area contributed by atoms with Gasteiger partial charge in [0.1, 0.15) is 12.2 Å². The Morgan fingerprint density at radius 1 is 1.30 bits per heavy atom. The van der Waals surface area contributed by atoms with Crippen molar-refractivity contribution in [1.29, 1.82) is 0 Å². The van der Waals surface area contributed by atoms with Crippen LogP contribution in [0.5, 0.6) is 0 Å². The zero-order chi connectivity index (χ0) is 16.6. The fourth-order valence-electron chi connectivity index (χ4n) is 2.37. The first-order chi connectivity index (χ1) is 11.0. The fourth-order valence-corrected chi connectivity index (χ4v) is 3.23. The van der Waals surface area contributed by atoms with Crippen LogP contribution in [-0.4, -0.2) is 33.5 Å². The van der Waals surface area contributed by atoms with E-state index in [1.54, 1.807) is 6.08 Å². The maximum Gasteiger partial charge on any atom is 0.323 e. The molecule has 2 N–H and O–H groups in total. The number of hydrogen-bond donors (Lipinski definition) is 2. The Bertz CT molecular complexity index is 879. The summed E-state index contributed by atoms with van der Waals surface area (Å²) in [5.74, 6) is -1.56. The smallest absolute Gasteiger partial charge is 0.323 e. The van der Waals surface area contributed by atoms with Crippen LogP contribution < -0.4 is 5.32 Å². The van der Waals surface area contributed by atoms with Gasteiger partial charge in [-0.25, -0.2) is 0 Å². The van der Waals surface area contributed by atoms with Gasteiger partial charge in [0.15, 0.2) is 5.11 Å². The van der Waals surface area contributed by atoms with Crippen molar-refractivity contribution in [2.24, 2.45) is 0 Å². The van der Waals surface area contributed by atoms with Gasteiger partial charge in [-0.2, -0.15) is 0 Å². The van der Waals surface area contributed by atoms with Crippen LogP contribution >= 0.6 is 28.1 Å². The molecule has 116 valence electrons. The van der Waals surface area contributed by atoms with Gasteiger partial charge in [-0.15, -0.1) is 0 Å². The van der Waals surface area contributed by atoms with E-state index >= 15 is 0 Å². The number of thiocarbonyl (C=S) groups is 1. The van der Waals surface area contributed by atoms with Crippen molar-refractivity contribution < 1.29 is 14.7 Å². The van der Waals surface area contributed by atoms with E-state index in [-0.39, 0.29) is 10.8 Å². The number of hydrogen-bond acceptors (Lipinski definition) is 3. The maximum absolute atomic E-state index is 12.3. The third kappa shape index (κ3) is 2.97. The molecule has 5 nitrogen and oxygen atoms in total. The van der Waals surface area contributed by atoms with Crippen LogP contribution in [-0.2, 0) is 9.59 Å². The molecule has 1 fully saturated rings. The molecule has 0 atom stereocenters. The largest absolute Gasteiger partial charge is 0.480 e. The summed E-state index contributed by atoms with van der Waals surface area (Å²) in [7, 11) is 0. The van der Waals surface area contributed by atoms with Crippen LogP contribution in [0.15, 0.2) is 46.6 Å². The normalized spacial score (nSPS) is 16.2. The summed E-state index contributed by atoms with van der Waals surface area (Å²) in [6.07, 6.45) is 1.66. The van der Waals surface area contributed by atoms with Gasteiger partial charge in [0.25, 0.3) is 5.91 Å². The Morgan fingerprint density at radius 2 is 2.04 bits per heavy atom. The van der Waals surface area contributed by atoms with E-state index in [0.29, 0.717) is 0 Å². The molecule has 0 bridgehead atoms. The number of fused-ring (bicyclic) bond motifs is 1. The third-order valence-corrected chi connectivity index (χ3v) is 4.66. The van der Waals surface area contributed by atoms with Gasteiger partial charge in [0.2, 0.25) is 0 Å². The molecule has 3 rings (SSSR count). The monoisotopic (exact) mass is 390 g/mol. The quantitative estimate of drug-likeness (QED) is 0.622. The lowest BCUT2D eigenvalue weighted by Crippen LogP contribution is -2.35. The van der Waals surface area contributed by atoms with Crippen molar-refractivity contribution in [2.75, 3.05) is 6.54 Å². The minimum atomic E-state index is -1.12. The van der Waals surface area contributed by atoms with Crippen LogP contribution in [0.25, 0.3) is 16.8 Å². The van der Waals surface area contributed by atoms with Crippen LogP contribution in [0.3, 0.4) is 0 Å². The van der Waals surface area contributed by atoms with Crippen LogP contribution in [0.4, 0.5) is 0 Å². The predicted octanol–water partition coefficient (Wildman–Crippen LogP) is 2.74. The minimum absolute atomic E-state index is 0.0977. The summed E-state index contributed by atoms with van der Waals surface area (Å²) in [5, 5.41) is 13.8. The molecule has 1 aliphatic heterocycles. The maximum atomic E-state index is 12.3. The van der Waals surface area contributed by atoms with E-state index in [1.807, 2.05) is 36.4 Å². The zero-order valence-corrected chi connectivity index (χ0v) is 14.1. The van der Waals surface area contributed by atoms with E-state index in [4.69, 9.17) is 17.3 Å². The number of carboxylic acid groups (broad SMARTS) is 1. The molecule has 0 saturated carbocycles. The summed E-state index contributed by atoms with van der Waals surface area (Å²) < 4.78 is 0.861. The molecule has 2 aromatic carbocycles. The first-order valence-corrected chi connectivity index (χ1v) is 7.91. The SMILES string of the molecule is O=C(O)CN1C(=O)/C(=C/c2ccc3ccccc3c2Br)NC1=S. The van der Waals surface area contributed by atoms with E-state index in [0.717, 1.165) is 25.7 Å². The molecule has 0 unspecified atom stereocenters. The Balaban J connectivity index is 1.99. The Hall–Kier alpha value is -2.25. The molecule has 23 heavy (non-hydrogen) atoms. The van der Waals surface area contributed by atoms with Gasteiger partial charge in [-0.1, -0.05) is 36.4 Å². The average molecular weight is 391 g/mol. The van der Waals surface area contributed by atoms with Crippen molar-refractivity contribution in [2.45, 2.75) is 0 Å². The molecule has 0 aromatic heterocycles. The van der Waals surface area contributed by atoms with Gasteiger partial charge < -0.3 is 10.4 Å². The molecular formula is C16H11BrN2O3S. The first-order valence-electron chi connectivity index (χ1n) is 6.71. The Labute approximate surface area is 145 Å². The van der Waals surface area contributed by atoms with Gasteiger partial charge in [-0.3, -0.25) is 14.5 Å². The average Bonchev–Trinajstić information content (AvgIpc) is 2.77. The van der Waals surface area contributed by atoms with Crippen molar-refractivity contribution >= 4 is 62.0 Å². The highest BCUT2D eigenvalue weighted by molar-refractivity contribution is 9.10. The second kappa shape index (κ2) is 6.10. The highest BCUT2D eigenvalue weighted by Gasteiger charge is 2.32. The standard InChI is InChI=1S/C16H11BrN2O3S/c17-14-10(6-5-9-3-1-2-4-11(9)14)7-12-15(22)19(8-13(20)21)16(23)18-12/h1-7H,8H2,(H,18,23)(H,20,21)/b12-7-. The first kappa shape index (κ1) is 15.6. The van der Waals surface area contributed by atoms with Crippen molar-refractivity contribution in [1.82, 2.24) is 10.2 Å². The number of carbonyl (C=O) groups excluding carboxylic acids is 1. The number of benzene rings is 2. The number of amides is 1. The number of nitrogens with zero attached hydrogens (tertiary/aromatic N) is 1. The summed E-state index contributed by atoms with van der Waals surface area (Å²) in [6, 6.07) is 11.7. The molecule has 1 saturated heterocycles. The molecule has 0 spiro atoms. The highest BCUT2D eigenvalue weighted by atomic mass is 79.9. The summed E-state index contributed by atoms with van der Waals surface area (Å²) in [6.45, 7) is -0.457. The predicted molar refractivity (Wildman–Crippen MR) is 94.7 cm³/mol. The lowest BCUT2D eigenvalue weighted by atomic mass is 10.1. The van der Waals surface area contributed by atoms with Gasteiger partial charge in [0, 0.05) is 4.47 Å². The molecule has 2 aromatic rings. The number of nitrogens with one attached hydrogen (secondary N) is 1. The van der Waals surface area contributed by atoms with Gasteiger partial charge >= 0.3 is 5.97 Å². The second-order valence-corrected chi connectivity index (χ2v) is 6.14. The van der Waals surface area contributed by atoms with Crippen molar-refractivity contribution in [3.63, 3.8) is 0 Å². The van der Waals surface area contributed by atoms with Crippen LogP contribution in [0.1, 0.15) is 5.56 Å². The Kier molecular flexibility index (Phi) is 4.14. The molecule has 1 aliphatic rings. The summed E-state index contributed by atoms with van der Waals surface area (Å²) >= 11 is 8.57. The number of carbonyl (C=O) groups is 2. The molecule has 0 aliphatic carbocycles. The van der Waals surface area contributed by atoms with E-state index < -0.39 is 18.4 Å². The van der Waals surface area contributed by atoms with Crippen molar-refractivity contribution in [3.8, 4) is 0 Å². The minimum Gasteiger partial charge on any atom is -0.480 e. The topological polar surface area (TPSA) is 69.6 Å². The highest BCUT2D eigenvalue weighted by Crippen LogP contribution is 2.29. The molecular weight excluding hydrogens is 380 g/mol. The van der Waals surface area contributed by atoms with E-state index in [9.17, 15) is 9.59 Å². The molecule has 1 amide bonds. The lowest BCUT2D eigenvalue weighted by molar-refractivity contribution is -0.140. The van der Waals surface area contributed by atoms with Crippen molar-refractivity contribution in [3.05, 3.63) is 52.1 Å². The molecule has 7 heteroatoms. The van der Waals surface area contributed by atoms with Gasteiger partial charge in [-0.05, 0) is 50.6 Å². The zero-order valence-electron chi connectivity index (χ0n) is 11.7.